The van der Waals surface area contributed by atoms with Crippen LogP contribution < -0.4 is 10.6 Å². The van der Waals surface area contributed by atoms with E-state index in [4.69, 9.17) is 14.6 Å². The Kier molecular flexibility index (Phi) is 10.4. The highest BCUT2D eigenvalue weighted by molar-refractivity contribution is 5.89. The zero-order valence-electron chi connectivity index (χ0n) is 18.1. The highest BCUT2D eigenvalue weighted by Gasteiger charge is 2.29. The van der Waals surface area contributed by atoms with Crippen molar-refractivity contribution >= 4 is 23.8 Å². The summed E-state index contributed by atoms with van der Waals surface area (Å²) < 4.78 is 10.4. The number of carbonyl (C=O) groups is 4. The molecule has 0 saturated carbocycles. The van der Waals surface area contributed by atoms with E-state index in [-0.39, 0.29) is 45.0 Å². The number of nitrogens with one attached hydrogen (secondary N) is 2. The van der Waals surface area contributed by atoms with Crippen molar-refractivity contribution < 1.29 is 33.8 Å². The van der Waals surface area contributed by atoms with Gasteiger partial charge in [0.1, 0.15) is 13.2 Å². The van der Waals surface area contributed by atoms with Gasteiger partial charge in [-0.2, -0.15) is 0 Å². The molecule has 174 valence electrons. The van der Waals surface area contributed by atoms with Crippen molar-refractivity contribution in [1.82, 2.24) is 10.6 Å². The van der Waals surface area contributed by atoms with E-state index < -0.39 is 35.8 Å². The summed E-state index contributed by atoms with van der Waals surface area (Å²) in [6.07, 6.45) is 4.17. The number of aliphatic hydroxyl groups excluding tert-OH is 1. The Morgan fingerprint density at radius 2 is 2.00 bits per heavy atom. The monoisotopic (exact) mass is 446 g/mol. The zero-order valence-corrected chi connectivity index (χ0v) is 18.1. The summed E-state index contributed by atoms with van der Waals surface area (Å²) in [5, 5.41) is 14.3. The number of cyclic esters (lactones) is 1. The third-order valence-electron chi connectivity index (χ3n) is 4.82. The van der Waals surface area contributed by atoms with Gasteiger partial charge in [-0.3, -0.25) is 14.4 Å². The molecule has 0 spiro atoms. The van der Waals surface area contributed by atoms with Crippen LogP contribution in [0.25, 0.3) is 0 Å². The van der Waals surface area contributed by atoms with E-state index in [9.17, 15) is 19.2 Å². The fourth-order valence-electron chi connectivity index (χ4n) is 3.00. The minimum absolute atomic E-state index is 0.00755. The van der Waals surface area contributed by atoms with E-state index in [1.54, 1.807) is 31.2 Å². The minimum atomic E-state index is -1.19. The summed E-state index contributed by atoms with van der Waals surface area (Å²) in [4.78, 5) is 49.6. The lowest BCUT2D eigenvalue weighted by atomic mass is 9.98. The van der Waals surface area contributed by atoms with Crippen LogP contribution in [0.4, 0.5) is 0 Å². The number of benzene rings is 1. The van der Waals surface area contributed by atoms with Crippen molar-refractivity contribution in [3.63, 3.8) is 0 Å². The molecular formula is C23H30N2O7. The third-order valence-corrected chi connectivity index (χ3v) is 4.82. The van der Waals surface area contributed by atoms with Crippen LogP contribution in [0.15, 0.2) is 42.5 Å². The van der Waals surface area contributed by atoms with Crippen molar-refractivity contribution in [3.05, 3.63) is 48.0 Å². The second-order valence-corrected chi connectivity index (χ2v) is 7.64. The molecule has 32 heavy (non-hydrogen) atoms. The Balaban J connectivity index is 2.08. The van der Waals surface area contributed by atoms with E-state index in [1.165, 1.54) is 0 Å². The fourth-order valence-corrected chi connectivity index (χ4v) is 3.00. The molecule has 1 aliphatic heterocycles. The van der Waals surface area contributed by atoms with Gasteiger partial charge in [0.05, 0.1) is 12.5 Å². The Morgan fingerprint density at radius 3 is 2.72 bits per heavy atom. The topological polar surface area (TPSA) is 131 Å². The van der Waals surface area contributed by atoms with Crippen LogP contribution in [0.2, 0.25) is 0 Å². The van der Waals surface area contributed by atoms with E-state index in [0.29, 0.717) is 6.42 Å². The van der Waals surface area contributed by atoms with Gasteiger partial charge < -0.3 is 25.2 Å². The first-order valence-corrected chi connectivity index (χ1v) is 10.6. The van der Waals surface area contributed by atoms with Gasteiger partial charge in [0.15, 0.2) is 6.04 Å². The number of carbonyl (C=O) groups excluding carboxylic acids is 4. The number of amides is 2. The summed E-state index contributed by atoms with van der Waals surface area (Å²) in [6.45, 7) is 1.07. The molecule has 2 rings (SSSR count). The van der Waals surface area contributed by atoms with Crippen molar-refractivity contribution in [2.45, 2.75) is 51.3 Å². The zero-order chi connectivity index (χ0) is 23.3. The minimum Gasteiger partial charge on any atom is -0.463 e. The summed E-state index contributed by atoms with van der Waals surface area (Å²) in [6, 6.07) is 7.41. The number of esters is 2. The maximum atomic E-state index is 12.9. The van der Waals surface area contributed by atoms with Crippen molar-refractivity contribution in [2.75, 3.05) is 13.2 Å². The Hall–Kier alpha value is -3.20. The second kappa shape index (κ2) is 13.3. The number of ether oxygens (including phenoxy) is 2. The molecule has 2 amide bonds. The number of hydrogen-bond donors (Lipinski definition) is 3. The molecule has 0 radical (unpaired) electrons. The van der Waals surface area contributed by atoms with Crippen molar-refractivity contribution in [3.8, 4) is 0 Å². The van der Waals surface area contributed by atoms with Gasteiger partial charge in [-0.15, -0.1) is 0 Å². The van der Waals surface area contributed by atoms with Gasteiger partial charge in [0.25, 0.3) is 0 Å². The van der Waals surface area contributed by atoms with Gasteiger partial charge in [0.2, 0.25) is 11.8 Å². The second-order valence-electron chi connectivity index (χ2n) is 7.64. The lowest BCUT2D eigenvalue weighted by Gasteiger charge is -2.22. The molecule has 0 aromatic heterocycles. The summed E-state index contributed by atoms with van der Waals surface area (Å²) in [7, 11) is 0. The SMILES string of the molecule is C[C@@H](CO)NC(=O)C[C@H]1CC=CCCC(=O)OC[C@H](C(=O)OCc2ccccc2)NC1=O. The average molecular weight is 447 g/mol. The van der Waals surface area contributed by atoms with Crippen LogP contribution in [-0.4, -0.2) is 54.2 Å². The van der Waals surface area contributed by atoms with Gasteiger partial charge in [-0.1, -0.05) is 42.5 Å². The first kappa shape index (κ1) is 25.1. The van der Waals surface area contributed by atoms with E-state index in [1.807, 2.05) is 18.2 Å². The smallest absolute Gasteiger partial charge is 0.332 e. The molecule has 3 N–H and O–H groups in total. The molecule has 0 saturated heterocycles. The molecule has 1 aliphatic rings. The standard InChI is InChI=1S/C23H30N2O7/c1-16(13-26)24-20(27)12-18-10-6-3-7-11-21(28)31-15-19(25-22(18)29)23(30)32-14-17-8-4-2-5-9-17/h2-6,8-9,16,18-19,26H,7,10-15H2,1H3,(H,24,27)(H,25,29)/t16-,18+,19+/m0/s1. The summed E-state index contributed by atoms with van der Waals surface area (Å²) in [5.74, 6) is -2.88. The maximum Gasteiger partial charge on any atom is 0.332 e. The van der Waals surface area contributed by atoms with E-state index in [2.05, 4.69) is 10.6 Å². The van der Waals surface area contributed by atoms with Crippen molar-refractivity contribution in [2.24, 2.45) is 5.92 Å². The molecule has 9 heteroatoms. The number of aliphatic hydroxyl groups is 1. The fraction of sp³-hybridized carbons (Fsp3) is 0.478. The lowest BCUT2D eigenvalue weighted by Crippen LogP contribution is -2.48. The molecule has 1 aromatic carbocycles. The highest BCUT2D eigenvalue weighted by atomic mass is 16.6. The molecule has 1 heterocycles. The summed E-state index contributed by atoms with van der Waals surface area (Å²) >= 11 is 0. The number of rotatable bonds is 7. The number of hydrogen-bond acceptors (Lipinski definition) is 7. The predicted molar refractivity (Wildman–Crippen MR) is 115 cm³/mol. The Bertz CT molecular complexity index is 810. The molecule has 0 bridgehead atoms. The lowest BCUT2D eigenvalue weighted by molar-refractivity contribution is -0.155. The molecule has 0 aliphatic carbocycles. The number of allylic oxidation sites excluding steroid dienone is 2. The van der Waals surface area contributed by atoms with E-state index >= 15 is 0 Å². The quantitative estimate of drug-likeness (QED) is 0.421. The molecule has 1 aromatic rings. The summed E-state index contributed by atoms with van der Waals surface area (Å²) in [5.41, 5.74) is 0.773. The largest absolute Gasteiger partial charge is 0.463 e. The molecule has 3 atom stereocenters. The average Bonchev–Trinajstić information content (AvgIpc) is 2.78. The molecule has 0 unspecified atom stereocenters. The van der Waals surface area contributed by atoms with Gasteiger partial charge >= 0.3 is 11.9 Å². The third kappa shape index (κ3) is 8.89. The van der Waals surface area contributed by atoms with Gasteiger partial charge in [0, 0.05) is 18.9 Å². The highest BCUT2D eigenvalue weighted by Crippen LogP contribution is 2.13. The molecule has 9 nitrogen and oxygen atoms in total. The van der Waals surface area contributed by atoms with Crippen LogP contribution in [0.1, 0.15) is 38.2 Å². The Morgan fingerprint density at radius 1 is 1.25 bits per heavy atom. The van der Waals surface area contributed by atoms with Gasteiger partial charge in [-0.05, 0) is 25.3 Å². The molecular weight excluding hydrogens is 416 g/mol. The van der Waals surface area contributed by atoms with Crippen molar-refractivity contribution in [1.29, 1.82) is 0 Å². The van der Waals surface area contributed by atoms with Crippen LogP contribution >= 0.6 is 0 Å². The van der Waals surface area contributed by atoms with Crippen LogP contribution in [0.3, 0.4) is 0 Å². The predicted octanol–water partition coefficient (Wildman–Crippen LogP) is 1.00. The first-order valence-electron chi connectivity index (χ1n) is 10.6. The van der Waals surface area contributed by atoms with Crippen LogP contribution in [0.5, 0.6) is 0 Å². The maximum absolute atomic E-state index is 12.9. The van der Waals surface area contributed by atoms with Crippen LogP contribution in [0, 0.1) is 5.92 Å². The first-order chi connectivity index (χ1) is 15.4. The Labute approximate surface area is 187 Å². The normalized spacial score (nSPS) is 20.7. The van der Waals surface area contributed by atoms with Crippen LogP contribution in [-0.2, 0) is 35.3 Å². The molecule has 0 fully saturated rings. The van der Waals surface area contributed by atoms with Gasteiger partial charge in [-0.25, -0.2) is 4.79 Å². The van der Waals surface area contributed by atoms with E-state index in [0.717, 1.165) is 5.56 Å².